The molecular weight excluding hydrogens is 490 g/mol. The second kappa shape index (κ2) is 9.68. The van der Waals surface area contributed by atoms with Crippen molar-refractivity contribution >= 4 is 28.3 Å². The van der Waals surface area contributed by atoms with E-state index in [2.05, 4.69) is 19.7 Å². The van der Waals surface area contributed by atoms with Gasteiger partial charge in [0.25, 0.3) is 5.91 Å². The minimum Gasteiger partial charge on any atom is -0.406 e. The molecule has 0 unspecified atom stereocenters. The first kappa shape index (κ1) is 25.0. The molecule has 1 fully saturated rings. The summed E-state index contributed by atoms with van der Waals surface area (Å²) in [5.41, 5.74) is 10.5. The Balaban J connectivity index is 1.35. The summed E-state index contributed by atoms with van der Waals surface area (Å²) in [5.74, 6) is -1.31. The van der Waals surface area contributed by atoms with Crippen molar-refractivity contribution in [1.82, 2.24) is 14.9 Å². The fraction of sp³-hybridized carbons (Fsp3) is 0.423. The summed E-state index contributed by atoms with van der Waals surface area (Å²) in [5, 5.41) is 0.849. The minimum atomic E-state index is -4.85. The van der Waals surface area contributed by atoms with E-state index in [9.17, 15) is 18.0 Å². The number of alkyl halides is 3. The van der Waals surface area contributed by atoms with Gasteiger partial charge in [-0.25, -0.2) is 9.37 Å². The fourth-order valence-corrected chi connectivity index (χ4v) is 5.52. The maximum atomic E-state index is 15.2. The number of amides is 1. The highest BCUT2D eigenvalue weighted by Crippen LogP contribution is 2.39. The van der Waals surface area contributed by atoms with Gasteiger partial charge in [0.15, 0.2) is 0 Å². The Hall–Kier alpha value is -3.63. The lowest BCUT2D eigenvalue weighted by Gasteiger charge is -2.33. The van der Waals surface area contributed by atoms with Crippen LogP contribution in [0.1, 0.15) is 58.8 Å². The molecule has 37 heavy (non-hydrogen) atoms. The number of aromatic amines is 1. The Kier molecular flexibility index (Phi) is 6.55. The number of aryl methyl sites for hydroxylation is 2. The monoisotopic (exact) mass is 517 g/mol. The fourth-order valence-electron chi connectivity index (χ4n) is 5.52. The largest absolute Gasteiger partial charge is 0.573 e. The van der Waals surface area contributed by atoms with E-state index in [1.165, 1.54) is 12.3 Å². The number of piperidine rings is 1. The molecule has 0 radical (unpaired) electrons. The summed E-state index contributed by atoms with van der Waals surface area (Å²) >= 11 is 0. The first-order valence-corrected chi connectivity index (χ1v) is 12.2. The van der Waals surface area contributed by atoms with Gasteiger partial charge in [-0.05, 0) is 62.1 Å². The van der Waals surface area contributed by atoms with E-state index in [1.54, 1.807) is 11.9 Å². The molecule has 0 spiro atoms. The molecule has 1 aliphatic heterocycles. The Labute approximate surface area is 210 Å². The second-order valence-electron chi connectivity index (χ2n) is 9.48. The summed E-state index contributed by atoms with van der Waals surface area (Å²) in [6, 6.07) is 3.29. The lowest BCUT2D eigenvalue weighted by atomic mass is 9.86. The lowest BCUT2D eigenvalue weighted by molar-refractivity contribution is -0.274. The smallest absolute Gasteiger partial charge is 0.406 e. The highest BCUT2D eigenvalue weighted by molar-refractivity contribution is 5.99. The number of fused-ring (bicyclic) bond motifs is 3. The molecule has 196 valence electrons. The number of carbonyl (C=O) groups excluding carboxylic acids is 1. The molecule has 1 amide bonds. The number of pyridine rings is 1. The number of carbonyl (C=O) groups is 1. The standard InChI is InChI=1S/C26H27F4N5O2/c1-32-15-2-5-18-21(7-3-15)34-24-23(18)22(19(27)13-33-24)14-8-10-35(11-9-14)25(36)17-6-4-16(12-20(17)31)37-26(28,29)30/h4,6,12-14H,2-3,5,7-11,31H2,1H3,(H,33,34). The summed E-state index contributed by atoms with van der Waals surface area (Å²) in [6.45, 7) is 0.735. The number of nitrogens with one attached hydrogen (secondary N) is 1. The van der Waals surface area contributed by atoms with Gasteiger partial charge in [-0.1, -0.05) is 0 Å². The zero-order valence-electron chi connectivity index (χ0n) is 20.3. The Morgan fingerprint density at radius 2 is 1.92 bits per heavy atom. The zero-order chi connectivity index (χ0) is 26.3. The molecule has 2 aliphatic rings. The van der Waals surface area contributed by atoms with Crippen molar-refractivity contribution in [1.29, 1.82) is 0 Å². The van der Waals surface area contributed by atoms with E-state index in [0.717, 1.165) is 60.2 Å². The van der Waals surface area contributed by atoms with Gasteiger partial charge in [-0.2, -0.15) is 0 Å². The second-order valence-corrected chi connectivity index (χ2v) is 9.48. The van der Waals surface area contributed by atoms with Crippen LogP contribution >= 0.6 is 0 Å². The third kappa shape index (κ3) is 4.99. The number of likely N-dealkylation sites (tertiary alicyclic amines) is 1. The topological polar surface area (TPSA) is 96.6 Å². The molecule has 5 rings (SSSR count). The molecule has 0 bridgehead atoms. The van der Waals surface area contributed by atoms with E-state index >= 15 is 4.39 Å². The average molecular weight is 518 g/mol. The number of aliphatic imine (C=N–C) groups is 1. The minimum absolute atomic E-state index is 0.0965. The normalized spacial score (nSPS) is 18.2. The number of hydrogen-bond donors (Lipinski definition) is 2. The number of H-pyrrole nitrogens is 1. The number of nitrogen functional groups attached to an aromatic ring is 1. The molecule has 3 heterocycles. The van der Waals surface area contributed by atoms with Crippen molar-refractivity contribution in [2.24, 2.45) is 4.99 Å². The van der Waals surface area contributed by atoms with Crippen molar-refractivity contribution in [2.75, 3.05) is 25.9 Å². The zero-order valence-corrected chi connectivity index (χ0v) is 20.3. The van der Waals surface area contributed by atoms with Crippen LogP contribution in [0.2, 0.25) is 0 Å². The molecule has 0 atom stereocenters. The van der Waals surface area contributed by atoms with Crippen molar-refractivity contribution in [2.45, 2.75) is 50.8 Å². The van der Waals surface area contributed by atoms with E-state index < -0.39 is 12.1 Å². The molecule has 1 saturated heterocycles. The SMILES string of the molecule is CN=C1CCc2[nH]c3ncc(F)c(C4CCN(C(=O)c5ccc(OC(F)(F)F)cc5N)CC4)c3c2CC1. The number of halogens is 4. The van der Waals surface area contributed by atoms with Crippen molar-refractivity contribution < 1.29 is 27.1 Å². The van der Waals surface area contributed by atoms with E-state index in [0.29, 0.717) is 37.1 Å². The maximum Gasteiger partial charge on any atom is 0.573 e. The third-order valence-electron chi connectivity index (χ3n) is 7.33. The van der Waals surface area contributed by atoms with Crippen LogP contribution in [0, 0.1) is 5.82 Å². The highest BCUT2D eigenvalue weighted by atomic mass is 19.4. The number of rotatable bonds is 3. The summed E-state index contributed by atoms with van der Waals surface area (Å²) < 4.78 is 56.5. The van der Waals surface area contributed by atoms with Gasteiger partial charge >= 0.3 is 6.36 Å². The molecule has 1 aromatic carbocycles. The molecule has 11 heteroatoms. The number of nitrogens with two attached hydrogens (primary N) is 1. The van der Waals surface area contributed by atoms with E-state index in [4.69, 9.17) is 5.73 Å². The van der Waals surface area contributed by atoms with Gasteiger partial charge in [0.1, 0.15) is 17.2 Å². The van der Waals surface area contributed by atoms with Crippen molar-refractivity contribution in [3.8, 4) is 5.75 Å². The Morgan fingerprint density at radius 3 is 2.59 bits per heavy atom. The Morgan fingerprint density at radius 1 is 1.19 bits per heavy atom. The number of aromatic nitrogens is 2. The number of nitrogens with zero attached hydrogens (tertiary/aromatic N) is 3. The number of hydrogen-bond acceptors (Lipinski definition) is 5. The van der Waals surface area contributed by atoms with Gasteiger partial charge in [0.2, 0.25) is 0 Å². The van der Waals surface area contributed by atoms with Crippen LogP contribution in [-0.2, 0) is 12.8 Å². The summed E-state index contributed by atoms with van der Waals surface area (Å²) in [7, 11) is 1.80. The van der Waals surface area contributed by atoms with Crippen molar-refractivity contribution in [3.05, 3.63) is 52.6 Å². The summed E-state index contributed by atoms with van der Waals surface area (Å²) in [4.78, 5) is 26.7. The van der Waals surface area contributed by atoms with E-state index in [-0.39, 0.29) is 28.9 Å². The molecule has 2 aromatic heterocycles. The van der Waals surface area contributed by atoms with E-state index in [1.807, 2.05) is 0 Å². The van der Waals surface area contributed by atoms with Crippen LogP contribution in [0.5, 0.6) is 5.75 Å². The first-order valence-electron chi connectivity index (χ1n) is 12.2. The predicted octanol–water partition coefficient (Wildman–Crippen LogP) is 5.15. The van der Waals surface area contributed by atoms with Gasteiger partial charge in [0.05, 0.1) is 11.8 Å². The molecule has 3 N–H and O–H groups in total. The van der Waals surface area contributed by atoms with Crippen LogP contribution in [0.3, 0.4) is 0 Å². The first-order chi connectivity index (χ1) is 17.6. The van der Waals surface area contributed by atoms with Gasteiger partial charge in [-0.15, -0.1) is 13.2 Å². The van der Waals surface area contributed by atoms with Gasteiger partial charge in [0, 0.05) is 54.2 Å². The molecule has 3 aromatic rings. The highest BCUT2D eigenvalue weighted by Gasteiger charge is 2.33. The van der Waals surface area contributed by atoms with Gasteiger partial charge < -0.3 is 20.4 Å². The maximum absolute atomic E-state index is 15.2. The van der Waals surface area contributed by atoms with Gasteiger partial charge in [-0.3, -0.25) is 9.79 Å². The lowest BCUT2D eigenvalue weighted by Crippen LogP contribution is -2.38. The molecule has 1 aliphatic carbocycles. The predicted molar refractivity (Wildman–Crippen MR) is 131 cm³/mol. The van der Waals surface area contributed by atoms with Crippen molar-refractivity contribution in [3.63, 3.8) is 0 Å². The molecular formula is C26H27F4N5O2. The summed E-state index contributed by atoms with van der Waals surface area (Å²) in [6.07, 6.45) is 0.754. The average Bonchev–Trinajstić information content (AvgIpc) is 3.07. The number of ether oxygens (including phenoxy) is 1. The van der Waals surface area contributed by atoms with Crippen LogP contribution < -0.4 is 10.5 Å². The van der Waals surface area contributed by atoms with Crippen LogP contribution in [0.25, 0.3) is 11.0 Å². The number of anilines is 1. The van der Waals surface area contributed by atoms with Crippen LogP contribution in [0.4, 0.5) is 23.2 Å². The molecule has 7 nitrogen and oxygen atoms in total. The number of benzene rings is 1. The third-order valence-corrected chi connectivity index (χ3v) is 7.33. The van der Waals surface area contributed by atoms with Crippen LogP contribution in [0.15, 0.2) is 29.4 Å². The van der Waals surface area contributed by atoms with Crippen LogP contribution in [-0.4, -0.2) is 53.0 Å². The quantitative estimate of drug-likeness (QED) is 0.285. The Bertz CT molecular complexity index is 1370. The molecule has 0 saturated carbocycles.